The van der Waals surface area contributed by atoms with E-state index in [-0.39, 0.29) is 6.10 Å². The van der Waals surface area contributed by atoms with Crippen LogP contribution in [-0.4, -0.2) is 68.5 Å². The van der Waals surface area contributed by atoms with Gasteiger partial charge in [0.2, 0.25) is 5.82 Å². The zero-order valence-electron chi connectivity index (χ0n) is 14.1. The highest BCUT2D eigenvalue weighted by atomic mass is 16.5. The standard InChI is InChI=1S/C16H21N7O2/c1-24-8-7-23-20-16(19-21-23)14-10-22(6-9-25-14)11-15-17-12-4-2-3-5-13(12)18-15/h2-5,14H,6-11H2,1H3,(H,17,18). The van der Waals surface area contributed by atoms with Crippen LogP contribution in [0, 0.1) is 0 Å². The van der Waals surface area contributed by atoms with E-state index in [2.05, 4.69) is 30.3 Å². The summed E-state index contributed by atoms with van der Waals surface area (Å²) in [5, 5.41) is 12.6. The number of imidazole rings is 1. The summed E-state index contributed by atoms with van der Waals surface area (Å²) in [5.41, 5.74) is 2.05. The number of methoxy groups -OCH3 is 1. The molecule has 0 bridgehead atoms. The van der Waals surface area contributed by atoms with Gasteiger partial charge in [0.25, 0.3) is 0 Å². The van der Waals surface area contributed by atoms with E-state index in [1.807, 2.05) is 24.3 Å². The van der Waals surface area contributed by atoms with Crippen molar-refractivity contribution in [3.8, 4) is 0 Å². The van der Waals surface area contributed by atoms with Gasteiger partial charge in [-0.1, -0.05) is 12.1 Å². The molecular weight excluding hydrogens is 322 g/mol. The van der Waals surface area contributed by atoms with E-state index in [1.165, 1.54) is 0 Å². The zero-order valence-corrected chi connectivity index (χ0v) is 14.1. The molecule has 1 saturated heterocycles. The number of hydrogen-bond acceptors (Lipinski definition) is 7. The van der Waals surface area contributed by atoms with Crippen LogP contribution in [0.1, 0.15) is 17.8 Å². The second kappa shape index (κ2) is 7.26. The van der Waals surface area contributed by atoms with Gasteiger partial charge in [0.15, 0.2) is 0 Å². The number of aromatic amines is 1. The third kappa shape index (κ3) is 3.68. The van der Waals surface area contributed by atoms with E-state index in [0.717, 1.165) is 29.9 Å². The van der Waals surface area contributed by atoms with Crippen molar-refractivity contribution in [2.75, 3.05) is 33.4 Å². The molecule has 1 unspecified atom stereocenters. The molecule has 0 saturated carbocycles. The van der Waals surface area contributed by atoms with Gasteiger partial charge in [-0.15, -0.1) is 10.2 Å². The Morgan fingerprint density at radius 1 is 1.36 bits per heavy atom. The number of rotatable bonds is 6. The van der Waals surface area contributed by atoms with Gasteiger partial charge in [-0.05, 0) is 17.3 Å². The lowest BCUT2D eigenvalue weighted by Gasteiger charge is -2.30. The molecule has 1 N–H and O–H groups in total. The maximum absolute atomic E-state index is 5.83. The summed E-state index contributed by atoms with van der Waals surface area (Å²) in [6, 6.07) is 8.06. The average Bonchev–Trinajstić information content (AvgIpc) is 3.26. The molecule has 1 aliphatic rings. The van der Waals surface area contributed by atoms with Crippen LogP contribution in [-0.2, 0) is 22.6 Å². The third-order valence-corrected chi connectivity index (χ3v) is 4.21. The number of fused-ring (bicyclic) bond motifs is 1. The Morgan fingerprint density at radius 3 is 3.16 bits per heavy atom. The minimum atomic E-state index is -0.172. The molecular formula is C16H21N7O2. The second-order valence-electron chi connectivity index (χ2n) is 6.03. The van der Waals surface area contributed by atoms with Crippen LogP contribution in [0.4, 0.5) is 0 Å². The maximum Gasteiger partial charge on any atom is 0.204 e. The summed E-state index contributed by atoms with van der Waals surface area (Å²) in [6.07, 6.45) is -0.172. The summed E-state index contributed by atoms with van der Waals surface area (Å²) in [4.78, 5) is 11.8. The van der Waals surface area contributed by atoms with Crippen molar-refractivity contribution in [1.29, 1.82) is 0 Å². The van der Waals surface area contributed by atoms with E-state index in [9.17, 15) is 0 Å². The van der Waals surface area contributed by atoms with Gasteiger partial charge in [0.05, 0.1) is 37.3 Å². The topological polar surface area (TPSA) is 94.0 Å². The lowest BCUT2D eigenvalue weighted by molar-refractivity contribution is -0.0380. The molecule has 25 heavy (non-hydrogen) atoms. The second-order valence-corrected chi connectivity index (χ2v) is 6.03. The molecule has 3 heterocycles. The van der Waals surface area contributed by atoms with E-state index in [1.54, 1.807) is 11.9 Å². The van der Waals surface area contributed by atoms with Crippen LogP contribution in [0.25, 0.3) is 11.0 Å². The van der Waals surface area contributed by atoms with Gasteiger partial charge in [0, 0.05) is 20.2 Å². The quantitative estimate of drug-likeness (QED) is 0.706. The van der Waals surface area contributed by atoms with Crippen molar-refractivity contribution in [3.63, 3.8) is 0 Å². The first-order valence-electron chi connectivity index (χ1n) is 8.36. The predicted molar refractivity (Wildman–Crippen MR) is 89.8 cm³/mol. The number of tetrazole rings is 1. The molecule has 3 aromatic rings. The average molecular weight is 343 g/mol. The molecule has 0 amide bonds. The smallest absolute Gasteiger partial charge is 0.204 e. The summed E-state index contributed by atoms with van der Waals surface area (Å²) in [6.45, 7) is 4.08. The number of nitrogens with one attached hydrogen (secondary N) is 1. The molecule has 1 aromatic carbocycles. The van der Waals surface area contributed by atoms with Gasteiger partial charge in [-0.25, -0.2) is 4.98 Å². The molecule has 0 spiro atoms. The number of morpholine rings is 1. The highest BCUT2D eigenvalue weighted by Gasteiger charge is 2.26. The van der Waals surface area contributed by atoms with Crippen molar-refractivity contribution in [2.45, 2.75) is 19.2 Å². The van der Waals surface area contributed by atoms with Gasteiger partial charge in [0.1, 0.15) is 11.9 Å². The van der Waals surface area contributed by atoms with Crippen LogP contribution in [0.15, 0.2) is 24.3 Å². The third-order valence-electron chi connectivity index (χ3n) is 4.21. The van der Waals surface area contributed by atoms with Crippen LogP contribution in [0.3, 0.4) is 0 Å². The SMILES string of the molecule is COCCn1nnc(C2CN(Cc3nc4ccccc4[nH]3)CCO2)n1. The first-order chi connectivity index (χ1) is 12.3. The number of para-hydroxylation sites is 2. The molecule has 132 valence electrons. The number of hydrogen-bond donors (Lipinski definition) is 1. The molecule has 2 aromatic heterocycles. The Hall–Kier alpha value is -2.36. The van der Waals surface area contributed by atoms with Gasteiger partial charge >= 0.3 is 0 Å². The number of aromatic nitrogens is 6. The lowest BCUT2D eigenvalue weighted by atomic mass is 10.2. The number of benzene rings is 1. The minimum Gasteiger partial charge on any atom is -0.383 e. The first kappa shape index (κ1) is 16.1. The summed E-state index contributed by atoms with van der Waals surface area (Å²) >= 11 is 0. The Labute approximate surface area is 144 Å². The number of ether oxygens (including phenoxy) is 2. The van der Waals surface area contributed by atoms with Crippen LogP contribution in [0.2, 0.25) is 0 Å². The Bertz CT molecular complexity index is 798. The summed E-state index contributed by atoms with van der Waals surface area (Å²) in [7, 11) is 1.65. The van der Waals surface area contributed by atoms with Crippen LogP contribution >= 0.6 is 0 Å². The Morgan fingerprint density at radius 2 is 2.28 bits per heavy atom. The maximum atomic E-state index is 5.83. The molecule has 9 heteroatoms. The Kier molecular flexibility index (Phi) is 4.68. The van der Waals surface area contributed by atoms with Crippen LogP contribution in [0.5, 0.6) is 0 Å². The normalized spacial score (nSPS) is 18.8. The van der Waals surface area contributed by atoms with E-state index in [0.29, 0.717) is 32.1 Å². The van der Waals surface area contributed by atoms with Gasteiger partial charge in [-0.2, -0.15) is 4.80 Å². The lowest BCUT2D eigenvalue weighted by Crippen LogP contribution is -2.38. The van der Waals surface area contributed by atoms with Crippen molar-refractivity contribution in [3.05, 3.63) is 35.9 Å². The van der Waals surface area contributed by atoms with Gasteiger partial charge < -0.3 is 14.5 Å². The molecule has 0 radical (unpaired) electrons. The van der Waals surface area contributed by atoms with E-state index in [4.69, 9.17) is 9.47 Å². The monoisotopic (exact) mass is 343 g/mol. The fourth-order valence-corrected chi connectivity index (χ4v) is 2.95. The van der Waals surface area contributed by atoms with Crippen molar-refractivity contribution < 1.29 is 9.47 Å². The number of H-pyrrole nitrogens is 1. The minimum absolute atomic E-state index is 0.172. The first-order valence-corrected chi connectivity index (χ1v) is 8.36. The molecule has 1 atom stereocenters. The zero-order chi connectivity index (χ0) is 17.1. The van der Waals surface area contributed by atoms with E-state index >= 15 is 0 Å². The molecule has 1 fully saturated rings. The molecule has 9 nitrogen and oxygen atoms in total. The largest absolute Gasteiger partial charge is 0.383 e. The highest BCUT2D eigenvalue weighted by Crippen LogP contribution is 2.20. The fourth-order valence-electron chi connectivity index (χ4n) is 2.95. The van der Waals surface area contributed by atoms with Crippen molar-refractivity contribution >= 4 is 11.0 Å². The highest BCUT2D eigenvalue weighted by molar-refractivity contribution is 5.74. The number of nitrogens with zero attached hydrogens (tertiary/aromatic N) is 6. The van der Waals surface area contributed by atoms with Crippen LogP contribution < -0.4 is 0 Å². The molecule has 0 aliphatic carbocycles. The summed E-state index contributed by atoms with van der Waals surface area (Å²) < 4.78 is 10.9. The van der Waals surface area contributed by atoms with Gasteiger partial charge in [-0.3, -0.25) is 4.90 Å². The molecule has 4 rings (SSSR count). The fraction of sp³-hybridized carbons (Fsp3) is 0.500. The van der Waals surface area contributed by atoms with E-state index < -0.39 is 0 Å². The van der Waals surface area contributed by atoms with Crippen molar-refractivity contribution in [2.24, 2.45) is 0 Å². The Balaban J connectivity index is 1.41. The van der Waals surface area contributed by atoms with Crippen molar-refractivity contribution in [1.82, 2.24) is 35.1 Å². The predicted octanol–water partition coefficient (Wildman–Crippen LogP) is 0.769. The molecule has 1 aliphatic heterocycles. The summed E-state index contributed by atoms with van der Waals surface area (Å²) in [5.74, 6) is 1.57.